The summed E-state index contributed by atoms with van der Waals surface area (Å²) in [5, 5.41) is 5.63. The van der Waals surface area contributed by atoms with Gasteiger partial charge in [-0.15, -0.1) is 0 Å². The van der Waals surface area contributed by atoms with Crippen molar-refractivity contribution < 1.29 is 23.8 Å². The average Bonchev–Trinajstić information content (AvgIpc) is 2.78. The molecule has 0 unspecified atom stereocenters. The predicted molar refractivity (Wildman–Crippen MR) is 126 cm³/mol. The Balaban J connectivity index is 1.62. The van der Waals surface area contributed by atoms with Gasteiger partial charge in [0, 0.05) is 18.8 Å². The third-order valence-corrected chi connectivity index (χ3v) is 4.92. The molecular formula is C23H27N3O5S. The highest BCUT2D eigenvalue weighted by Crippen LogP contribution is 2.26. The fourth-order valence-electron chi connectivity index (χ4n) is 3.25. The van der Waals surface area contributed by atoms with Gasteiger partial charge in [0.1, 0.15) is 5.75 Å². The van der Waals surface area contributed by atoms with Crippen molar-refractivity contribution in [3.63, 3.8) is 0 Å². The summed E-state index contributed by atoms with van der Waals surface area (Å²) in [6, 6.07) is 12.7. The van der Waals surface area contributed by atoms with Crippen molar-refractivity contribution in [3.05, 3.63) is 53.6 Å². The van der Waals surface area contributed by atoms with Crippen LogP contribution in [-0.4, -0.2) is 56.5 Å². The minimum atomic E-state index is -0.417. The molecule has 2 N–H and O–H groups in total. The fourth-order valence-corrected chi connectivity index (χ4v) is 3.48. The molecule has 32 heavy (non-hydrogen) atoms. The monoisotopic (exact) mass is 457 g/mol. The molecule has 0 atom stereocenters. The van der Waals surface area contributed by atoms with Gasteiger partial charge in [-0.1, -0.05) is 12.1 Å². The van der Waals surface area contributed by atoms with E-state index in [9.17, 15) is 9.59 Å². The second kappa shape index (κ2) is 11.4. The first-order chi connectivity index (χ1) is 15.5. The SMILES string of the molecule is CCOC(=O)c1cc(NC(=S)NC(=O)COc2cccc(C)c2)ccc1N1CCOCC1. The Hall–Kier alpha value is -3.17. The summed E-state index contributed by atoms with van der Waals surface area (Å²) in [6.07, 6.45) is 0. The van der Waals surface area contributed by atoms with E-state index in [1.54, 1.807) is 25.1 Å². The number of thiocarbonyl (C=S) groups is 1. The maximum absolute atomic E-state index is 12.5. The topological polar surface area (TPSA) is 89.1 Å². The first-order valence-corrected chi connectivity index (χ1v) is 10.8. The van der Waals surface area contributed by atoms with Gasteiger partial charge in [-0.3, -0.25) is 10.1 Å². The highest BCUT2D eigenvalue weighted by molar-refractivity contribution is 7.80. The molecule has 0 spiro atoms. The molecule has 2 aromatic rings. The molecule has 9 heteroatoms. The summed E-state index contributed by atoms with van der Waals surface area (Å²) in [4.78, 5) is 26.8. The Morgan fingerprint density at radius 2 is 1.94 bits per heavy atom. The van der Waals surface area contributed by atoms with Crippen molar-refractivity contribution in [1.29, 1.82) is 0 Å². The van der Waals surface area contributed by atoms with Gasteiger partial charge in [0.25, 0.3) is 5.91 Å². The van der Waals surface area contributed by atoms with E-state index in [0.717, 1.165) is 11.3 Å². The molecule has 0 aliphatic carbocycles. The third kappa shape index (κ3) is 6.66. The Morgan fingerprint density at radius 1 is 1.16 bits per heavy atom. The number of benzene rings is 2. The summed E-state index contributed by atoms with van der Waals surface area (Å²) < 4.78 is 16.1. The van der Waals surface area contributed by atoms with E-state index >= 15 is 0 Å². The first-order valence-electron chi connectivity index (χ1n) is 10.4. The number of nitrogens with one attached hydrogen (secondary N) is 2. The van der Waals surface area contributed by atoms with Crippen LogP contribution >= 0.6 is 12.2 Å². The van der Waals surface area contributed by atoms with Crippen LogP contribution in [0.3, 0.4) is 0 Å². The zero-order chi connectivity index (χ0) is 22.9. The number of amides is 1. The second-order valence-electron chi connectivity index (χ2n) is 7.16. The van der Waals surface area contributed by atoms with E-state index in [2.05, 4.69) is 15.5 Å². The molecular weight excluding hydrogens is 430 g/mol. The van der Waals surface area contributed by atoms with E-state index < -0.39 is 5.97 Å². The number of nitrogens with zero attached hydrogens (tertiary/aromatic N) is 1. The minimum Gasteiger partial charge on any atom is -0.484 e. The maximum Gasteiger partial charge on any atom is 0.340 e. The van der Waals surface area contributed by atoms with Gasteiger partial charge in [0.2, 0.25) is 0 Å². The van der Waals surface area contributed by atoms with E-state index in [1.165, 1.54) is 0 Å². The van der Waals surface area contributed by atoms with Crippen molar-refractivity contribution >= 4 is 40.6 Å². The summed E-state index contributed by atoms with van der Waals surface area (Å²) >= 11 is 5.24. The number of rotatable bonds is 7. The molecule has 1 amide bonds. The zero-order valence-corrected chi connectivity index (χ0v) is 19.0. The van der Waals surface area contributed by atoms with Crippen molar-refractivity contribution in [2.75, 3.05) is 49.7 Å². The number of carbonyl (C=O) groups excluding carboxylic acids is 2. The van der Waals surface area contributed by atoms with Gasteiger partial charge < -0.3 is 24.4 Å². The lowest BCUT2D eigenvalue weighted by Gasteiger charge is -2.30. The Morgan fingerprint density at radius 3 is 2.66 bits per heavy atom. The number of anilines is 2. The minimum absolute atomic E-state index is 0.108. The van der Waals surface area contributed by atoms with Crippen molar-refractivity contribution in [3.8, 4) is 5.75 Å². The third-order valence-electron chi connectivity index (χ3n) is 4.71. The standard InChI is InChI=1S/C23H27N3O5S/c1-3-30-22(28)19-14-17(7-8-20(19)26-9-11-29-12-10-26)24-23(32)25-21(27)15-31-18-6-4-5-16(2)13-18/h4-8,13-14H,3,9-12,15H2,1-2H3,(H2,24,25,27,32). The smallest absolute Gasteiger partial charge is 0.340 e. The van der Waals surface area contributed by atoms with Crippen LogP contribution in [0, 0.1) is 6.92 Å². The lowest BCUT2D eigenvalue weighted by atomic mass is 10.1. The van der Waals surface area contributed by atoms with Crippen LogP contribution < -0.4 is 20.3 Å². The number of esters is 1. The quantitative estimate of drug-likeness (QED) is 0.485. The predicted octanol–water partition coefficient (Wildman–Crippen LogP) is 2.90. The average molecular weight is 458 g/mol. The molecule has 0 bridgehead atoms. The van der Waals surface area contributed by atoms with E-state index in [-0.39, 0.29) is 24.2 Å². The maximum atomic E-state index is 12.5. The van der Waals surface area contributed by atoms with E-state index in [4.69, 9.17) is 26.4 Å². The van der Waals surface area contributed by atoms with Gasteiger partial charge in [0.15, 0.2) is 11.7 Å². The van der Waals surface area contributed by atoms with Crippen molar-refractivity contribution in [2.45, 2.75) is 13.8 Å². The summed E-state index contributed by atoms with van der Waals surface area (Å²) in [5.41, 5.74) is 2.81. The molecule has 1 saturated heterocycles. The summed E-state index contributed by atoms with van der Waals surface area (Å²) in [6.45, 7) is 6.39. The lowest BCUT2D eigenvalue weighted by Crippen LogP contribution is -2.38. The highest BCUT2D eigenvalue weighted by Gasteiger charge is 2.20. The Labute approximate surface area is 192 Å². The zero-order valence-electron chi connectivity index (χ0n) is 18.2. The number of morpholine rings is 1. The normalized spacial score (nSPS) is 13.2. The number of carbonyl (C=O) groups is 2. The largest absolute Gasteiger partial charge is 0.484 e. The van der Waals surface area contributed by atoms with Gasteiger partial charge in [-0.05, 0) is 62.0 Å². The van der Waals surface area contributed by atoms with Crippen LogP contribution in [0.2, 0.25) is 0 Å². The second-order valence-corrected chi connectivity index (χ2v) is 7.57. The Kier molecular flexibility index (Phi) is 8.41. The fraction of sp³-hybridized carbons (Fsp3) is 0.348. The molecule has 1 aliphatic heterocycles. The van der Waals surface area contributed by atoms with E-state index in [0.29, 0.717) is 43.3 Å². The lowest BCUT2D eigenvalue weighted by molar-refractivity contribution is -0.121. The molecule has 2 aromatic carbocycles. The van der Waals surface area contributed by atoms with Crippen molar-refractivity contribution in [1.82, 2.24) is 5.32 Å². The van der Waals surface area contributed by atoms with Gasteiger partial charge in [-0.2, -0.15) is 0 Å². The molecule has 170 valence electrons. The summed E-state index contributed by atoms with van der Waals surface area (Å²) in [7, 11) is 0. The van der Waals surface area contributed by atoms with Crippen LogP contribution in [-0.2, 0) is 14.3 Å². The molecule has 1 heterocycles. The van der Waals surface area contributed by atoms with Crippen LogP contribution in [0.25, 0.3) is 0 Å². The summed E-state index contributed by atoms with van der Waals surface area (Å²) in [5.74, 6) is -0.199. The Bertz CT molecular complexity index is 976. The van der Waals surface area contributed by atoms with E-state index in [1.807, 2.05) is 31.2 Å². The van der Waals surface area contributed by atoms with Crippen LogP contribution in [0.5, 0.6) is 5.75 Å². The van der Waals surface area contributed by atoms with Crippen LogP contribution in [0.1, 0.15) is 22.8 Å². The highest BCUT2D eigenvalue weighted by atomic mass is 32.1. The molecule has 0 radical (unpaired) electrons. The molecule has 1 aliphatic rings. The first kappa shape index (κ1) is 23.5. The number of hydrogen-bond acceptors (Lipinski definition) is 7. The van der Waals surface area contributed by atoms with Crippen LogP contribution in [0.15, 0.2) is 42.5 Å². The van der Waals surface area contributed by atoms with Gasteiger partial charge >= 0.3 is 5.97 Å². The number of hydrogen-bond donors (Lipinski definition) is 2. The van der Waals surface area contributed by atoms with Crippen molar-refractivity contribution in [2.24, 2.45) is 0 Å². The van der Waals surface area contributed by atoms with Gasteiger partial charge in [-0.25, -0.2) is 4.79 Å². The van der Waals surface area contributed by atoms with Crippen LogP contribution in [0.4, 0.5) is 11.4 Å². The number of aryl methyl sites for hydroxylation is 1. The van der Waals surface area contributed by atoms with Gasteiger partial charge in [0.05, 0.1) is 31.1 Å². The molecule has 1 fully saturated rings. The molecule has 8 nitrogen and oxygen atoms in total. The molecule has 0 saturated carbocycles. The molecule has 3 rings (SSSR count). The number of ether oxygens (including phenoxy) is 3. The molecule has 0 aromatic heterocycles.